The molecule has 0 unspecified atom stereocenters. The number of hydrogen-bond donors (Lipinski definition) is 0. The lowest BCUT2D eigenvalue weighted by atomic mass is 10.1. The summed E-state index contributed by atoms with van der Waals surface area (Å²) in [5.74, 6) is 0.182. The molecule has 10 heavy (non-hydrogen) atoms. The topological polar surface area (TPSA) is 17.1 Å². The largest absolute Gasteiger partial charge is 0.289 e. The Hall–Kier alpha value is -0.850. The predicted octanol–water partition coefficient (Wildman–Crippen LogP) is 2.24. The van der Waals surface area contributed by atoms with Crippen molar-refractivity contribution in [3.8, 4) is 0 Å². The van der Waals surface area contributed by atoms with Crippen molar-refractivity contribution in [2.75, 3.05) is 0 Å². The molecule has 1 aliphatic carbocycles. The van der Waals surface area contributed by atoms with Gasteiger partial charge in [-0.25, -0.2) is 0 Å². The second-order valence-electron chi connectivity index (χ2n) is 2.62. The Morgan fingerprint density at radius 3 is 2.80 bits per heavy atom. The molecule has 0 saturated heterocycles. The van der Waals surface area contributed by atoms with E-state index in [4.69, 9.17) is 0 Å². The van der Waals surface area contributed by atoms with Gasteiger partial charge in [0.05, 0.1) is 0 Å². The second-order valence-corrected chi connectivity index (χ2v) is 2.62. The molecule has 0 aromatic carbocycles. The van der Waals surface area contributed by atoms with Gasteiger partial charge in [0.2, 0.25) is 0 Å². The zero-order valence-corrected chi connectivity index (χ0v) is 6.31. The van der Waals surface area contributed by atoms with Crippen molar-refractivity contribution in [2.45, 2.75) is 26.2 Å². The summed E-state index contributed by atoms with van der Waals surface area (Å²) in [5, 5.41) is 0. The second kappa shape index (κ2) is 2.82. The Kier molecular flexibility index (Phi) is 2.05. The zero-order valence-electron chi connectivity index (χ0n) is 6.31. The molecule has 0 N–H and O–H groups in total. The average Bonchev–Trinajstić information content (AvgIpc) is 2.20. The summed E-state index contributed by atoms with van der Waals surface area (Å²) < 4.78 is 0. The van der Waals surface area contributed by atoms with E-state index in [2.05, 4.69) is 13.5 Å². The number of ketones is 1. The molecule has 0 bridgehead atoms. The van der Waals surface area contributed by atoms with Gasteiger partial charge in [0.15, 0.2) is 5.78 Å². The van der Waals surface area contributed by atoms with E-state index in [1.54, 1.807) is 0 Å². The quantitative estimate of drug-likeness (QED) is 0.532. The van der Waals surface area contributed by atoms with Gasteiger partial charge in [0.25, 0.3) is 0 Å². The maximum Gasteiger partial charge on any atom is 0.184 e. The van der Waals surface area contributed by atoms with Gasteiger partial charge in [-0.2, -0.15) is 0 Å². The van der Waals surface area contributed by atoms with Crippen molar-refractivity contribution in [2.24, 2.45) is 0 Å². The lowest BCUT2D eigenvalue weighted by molar-refractivity contribution is -0.112. The van der Waals surface area contributed by atoms with Crippen LogP contribution in [0.4, 0.5) is 0 Å². The first-order valence-corrected chi connectivity index (χ1v) is 3.67. The maximum atomic E-state index is 11.1. The Labute approximate surface area is 61.4 Å². The van der Waals surface area contributed by atoms with Crippen molar-refractivity contribution in [1.82, 2.24) is 0 Å². The summed E-state index contributed by atoms with van der Waals surface area (Å²) in [6.07, 6.45) is 4.73. The van der Waals surface area contributed by atoms with Gasteiger partial charge in [0, 0.05) is 0 Å². The summed E-state index contributed by atoms with van der Waals surface area (Å²) in [6, 6.07) is 0. The molecule has 1 rings (SSSR count). The smallest absolute Gasteiger partial charge is 0.184 e. The van der Waals surface area contributed by atoms with Crippen LogP contribution < -0.4 is 0 Å². The highest BCUT2D eigenvalue weighted by Crippen LogP contribution is 2.21. The molecule has 1 aliphatic rings. The molecule has 0 aromatic rings. The highest BCUT2D eigenvalue weighted by Gasteiger charge is 2.17. The first-order valence-electron chi connectivity index (χ1n) is 3.67. The van der Waals surface area contributed by atoms with Crippen LogP contribution in [0.3, 0.4) is 0 Å². The Morgan fingerprint density at radius 2 is 2.40 bits per heavy atom. The van der Waals surface area contributed by atoms with Crippen molar-refractivity contribution in [3.63, 3.8) is 0 Å². The van der Waals surface area contributed by atoms with Gasteiger partial charge in [-0.15, -0.1) is 0 Å². The molecule has 54 valence electrons. The van der Waals surface area contributed by atoms with E-state index in [1.165, 1.54) is 0 Å². The minimum atomic E-state index is 0.182. The highest BCUT2D eigenvalue weighted by molar-refractivity contribution is 6.10. The van der Waals surface area contributed by atoms with Crippen LogP contribution in [0.2, 0.25) is 0 Å². The number of hydrogen-bond acceptors (Lipinski definition) is 1. The van der Waals surface area contributed by atoms with E-state index in [1.807, 2.05) is 6.08 Å². The lowest BCUT2D eigenvalue weighted by Gasteiger charge is -1.95. The Bertz CT molecular complexity index is 199. The molecule has 0 spiro atoms. The lowest BCUT2D eigenvalue weighted by Crippen LogP contribution is -1.97. The summed E-state index contributed by atoms with van der Waals surface area (Å²) >= 11 is 0. The van der Waals surface area contributed by atoms with Crippen LogP contribution in [-0.2, 0) is 4.79 Å². The monoisotopic (exact) mass is 136 g/mol. The van der Waals surface area contributed by atoms with Gasteiger partial charge in [-0.05, 0) is 24.0 Å². The number of carbonyl (C=O) groups excluding carboxylic acids is 1. The maximum absolute atomic E-state index is 11.1. The van der Waals surface area contributed by atoms with Gasteiger partial charge in [0.1, 0.15) is 0 Å². The molecule has 0 aliphatic heterocycles. The predicted molar refractivity (Wildman–Crippen MR) is 41.8 cm³/mol. The molecule has 0 radical (unpaired) electrons. The van der Waals surface area contributed by atoms with Gasteiger partial charge in [-0.3, -0.25) is 4.79 Å². The molecule has 0 aromatic heterocycles. The first kappa shape index (κ1) is 7.26. The van der Waals surface area contributed by atoms with Gasteiger partial charge in [-0.1, -0.05) is 26.0 Å². The van der Waals surface area contributed by atoms with Gasteiger partial charge >= 0.3 is 0 Å². The molecule has 0 fully saturated rings. The van der Waals surface area contributed by atoms with Crippen LogP contribution in [0, 0.1) is 0 Å². The first-order chi connectivity index (χ1) is 4.75. The summed E-state index contributed by atoms with van der Waals surface area (Å²) in [6.45, 7) is 5.74. The van der Waals surface area contributed by atoms with E-state index in [-0.39, 0.29) is 5.78 Å². The van der Waals surface area contributed by atoms with Crippen LogP contribution >= 0.6 is 0 Å². The molecular weight excluding hydrogens is 124 g/mol. The average molecular weight is 136 g/mol. The molecule has 1 nitrogen and oxygen atoms in total. The van der Waals surface area contributed by atoms with Crippen LogP contribution in [0.15, 0.2) is 23.8 Å². The van der Waals surface area contributed by atoms with E-state index < -0.39 is 0 Å². The minimum Gasteiger partial charge on any atom is -0.289 e. The SMILES string of the molecule is C=C1CC=C(CCC)C1=O. The van der Waals surface area contributed by atoms with E-state index in [0.717, 1.165) is 30.4 Å². The molecule has 0 saturated carbocycles. The van der Waals surface area contributed by atoms with E-state index in [9.17, 15) is 4.79 Å². The van der Waals surface area contributed by atoms with E-state index >= 15 is 0 Å². The Morgan fingerprint density at radius 1 is 1.70 bits per heavy atom. The zero-order chi connectivity index (χ0) is 7.56. The normalized spacial score (nSPS) is 17.9. The van der Waals surface area contributed by atoms with Crippen molar-refractivity contribution < 1.29 is 4.79 Å². The Balaban J connectivity index is 2.63. The number of allylic oxidation sites excluding steroid dienone is 3. The molecular formula is C9H12O. The van der Waals surface area contributed by atoms with Gasteiger partial charge < -0.3 is 0 Å². The van der Waals surface area contributed by atoms with Crippen molar-refractivity contribution in [1.29, 1.82) is 0 Å². The fourth-order valence-corrected chi connectivity index (χ4v) is 1.14. The van der Waals surface area contributed by atoms with Crippen LogP contribution in [0.25, 0.3) is 0 Å². The molecule has 1 heteroatoms. The number of carbonyl (C=O) groups is 1. The number of Topliss-reactive ketones (excluding diaryl/α,β-unsaturated/α-hetero) is 1. The van der Waals surface area contributed by atoms with Crippen molar-refractivity contribution >= 4 is 5.78 Å². The van der Waals surface area contributed by atoms with Crippen LogP contribution in [0.1, 0.15) is 26.2 Å². The van der Waals surface area contributed by atoms with Crippen LogP contribution in [0.5, 0.6) is 0 Å². The molecule has 0 atom stereocenters. The molecule has 0 amide bonds. The standard InChI is InChI=1S/C9H12O/c1-3-4-8-6-5-7(2)9(8)10/h6H,2-5H2,1H3. The third-order valence-corrected chi connectivity index (χ3v) is 1.73. The van der Waals surface area contributed by atoms with E-state index in [0.29, 0.717) is 0 Å². The third kappa shape index (κ3) is 1.18. The fraction of sp³-hybridized carbons (Fsp3) is 0.444. The highest BCUT2D eigenvalue weighted by atomic mass is 16.1. The number of rotatable bonds is 2. The third-order valence-electron chi connectivity index (χ3n) is 1.73. The summed E-state index contributed by atoms with van der Waals surface area (Å²) in [5.41, 5.74) is 1.72. The van der Waals surface area contributed by atoms with Crippen LogP contribution in [-0.4, -0.2) is 5.78 Å². The van der Waals surface area contributed by atoms with Crippen molar-refractivity contribution in [3.05, 3.63) is 23.8 Å². The minimum absolute atomic E-state index is 0.182. The fourth-order valence-electron chi connectivity index (χ4n) is 1.14. The molecule has 0 heterocycles. The summed E-state index contributed by atoms with van der Waals surface area (Å²) in [7, 11) is 0. The summed E-state index contributed by atoms with van der Waals surface area (Å²) in [4.78, 5) is 11.1.